The second kappa shape index (κ2) is 7.45. The summed E-state index contributed by atoms with van der Waals surface area (Å²) in [5.41, 5.74) is 10.4. The van der Waals surface area contributed by atoms with Gasteiger partial charge in [0.15, 0.2) is 0 Å². The van der Waals surface area contributed by atoms with Gasteiger partial charge in [-0.25, -0.2) is 0 Å². The van der Waals surface area contributed by atoms with Crippen molar-refractivity contribution >= 4 is 22.1 Å². The zero-order valence-electron chi connectivity index (χ0n) is 17.3. The van der Waals surface area contributed by atoms with Gasteiger partial charge in [0, 0.05) is 11.4 Å². The van der Waals surface area contributed by atoms with Gasteiger partial charge in [-0.1, -0.05) is 78.9 Å². The van der Waals surface area contributed by atoms with E-state index in [0.717, 1.165) is 11.4 Å². The Labute approximate surface area is 183 Å². The van der Waals surface area contributed by atoms with E-state index >= 15 is 0 Å². The summed E-state index contributed by atoms with van der Waals surface area (Å²) in [7, 11) is 0. The van der Waals surface area contributed by atoms with Crippen LogP contribution in [0, 0.1) is 0 Å². The molecule has 6 rings (SSSR count). The summed E-state index contributed by atoms with van der Waals surface area (Å²) in [4.78, 5) is 0. The molecule has 148 valence electrons. The number of nitrogens with one attached hydrogen (secondary N) is 1. The maximum Gasteiger partial charge on any atom is 0.0384 e. The molecule has 0 aliphatic heterocycles. The van der Waals surface area contributed by atoms with Crippen LogP contribution >= 0.6 is 0 Å². The van der Waals surface area contributed by atoms with E-state index in [4.69, 9.17) is 0 Å². The van der Waals surface area contributed by atoms with Crippen molar-refractivity contribution in [3.63, 3.8) is 0 Å². The highest BCUT2D eigenvalue weighted by Gasteiger charge is 2.19. The second-order valence-corrected chi connectivity index (χ2v) is 8.26. The number of aryl methyl sites for hydroxylation is 2. The molecule has 0 fully saturated rings. The fourth-order valence-electron chi connectivity index (χ4n) is 4.63. The molecular formula is C30H23N. The maximum atomic E-state index is 3.46. The molecule has 0 bridgehead atoms. The van der Waals surface area contributed by atoms with Crippen molar-refractivity contribution in [3.05, 3.63) is 120 Å². The van der Waals surface area contributed by atoms with Crippen molar-refractivity contribution < 1.29 is 0 Å². The van der Waals surface area contributed by atoms with E-state index in [9.17, 15) is 0 Å². The molecule has 5 aromatic carbocycles. The van der Waals surface area contributed by atoms with E-state index < -0.39 is 0 Å². The molecule has 5 aromatic rings. The molecule has 0 unspecified atom stereocenters. The predicted octanol–water partition coefficient (Wildman–Crippen LogP) is 8.02. The van der Waals surface area contributed by atoms with E-state index in [2.05, 4.69) is 96.3 Å². The zero-order valence-corrected chi connectivity index (χ0v) is 17.3. The van der Waals surface area contributed by atoms with Gasteiger partial charge >= 0.3 is 0 Å². The summed E-state index contributed by atoms with van der Waals surface area (Å²) >= 11 is 0. The van der Waals surface area contributed by atoms with Crippen molar-refractivity contribution in [2.24, 2.45) is 0 Å². The van der Waals surface area contributed by atoms with Gasteiger partial charge in [0.25, 0.3) is 0 Å². The van der Waals surface area contributed by atoms with E-state index in [1.165, 1.54) is 57.0 Å². The number of para-hydroxylation sites is 1. The van der Waals surface area contributed by atoms with Gasteiger partial charge in [-0.15, -0.1) is 0 Å². The first kappa shape index (κ1) is 18.0. The van der Waals surface area contributed by atoms with Gasteiger partial charge in [-0.05, 0) is 87.3 Å². The molecule has 0 saturated carbocycles. The Bertz CT molecular complexity index is 1380. The molecule has 0 radical (unpaired) electrons. The predicted molar refractivity (Wildman–Crippen MR) is 132 cm³/mol. The van der Waals surface area contributed by atoms with Crippen molar-refractivity contribution in [2.45, 2.75) is 12.8 Å². The summed E-state index contributed by atoms with van der Waals surface area (Å²) in [6, 6.07) is 39.2. The van der Waals surface area contributed by atoms with Gasteiger partial charge < -0.3 is 5.32 Å². The quantitative estimate of drug-likeness (QED) is 0.324. The monoisotopic (exact) mass is 397 g/mol. The Morgan fingerprint density at radius 1 is 0.484 bits per heavy atom. The number of anilines is 2. The molecule has 0 aromatic heterocycles. The number of rotatable bonds is 4. The molecule has 0 saturated heterocycles. The third kappa shape index (κ3) is 3.29. The number of hydrogen-bond donors (Lipinski definition) is 1. The van der Waals surface area contributed by atoms with Crippen LogP contribution in [0.15, 0.2) is 109 Å². The zero-order chi connectivity index (χ0) is 20.6. The van der Waals surface area contributed by atoms with E-state index in [0.29, 0.717) is 0 Å². The average Bonchev–Trinajstić information content (AvgIpc) is 2.80. The van der Waals surface area contributed by atoms with Crippen LogP contribution in [-0.4, -0.2) is 0 Å². The summed E-state index contributed by atoms with van der Waals surface area (Å²) in [6.07, 6.45) is 2.41. The van der Waals surface area contributed by atoms with Crippen LogP contribution in [0.5, 0.6) is 0 Å². The molecule has 0 atom stereocenters. The molecule has 0 heterocycles. The normalized spacial score (nSPS) is 12.3. The summed E-state index contributed by atoms with van der Waals surface area (Å²) in [6.45, 7) is 0. The third-order valence-electron chi connectivity index (χ3n) is 6.35. The van der Waals surface area contributed by atoms with Crippen LogP contribution in [-0.2, 0) is 12.8 Å². The van der Waals surface area contributed by atoms with Crippen molar-refractivity contribution in [1.29, 1.82) is 0 Å². The topological polar surface area (TPSA) is 12.0 Å². The smallest absolute Gasteiger partial charge is 0.0384 e. The second-order valence-electron chi connectivity index (χ2n) is 8.26. The van der Waals surface area contributed by atoms with Crippen LogP contribution in [0.25, 0.3) is 33.0 Å². The minimum absolute atomic E-state index is 1.10. The highest BCUT2D eigenvalue weighted by Crippen LogP contribution is 2.39. The number of fused-ring (bicyclic) bond motifs is 3. The largest absolute Gasteiger partial charge is 0.356 e. The van der Waals surface area contributed by atoms with E-state index in [1.807, 2.05) is 18.2 Å². The van der Waals surface area contributed by atoms with Crippen LogP contribution < -0.4 is 5.32 Å². The van der Waals surface area contributed by atoms with Gasteiger partial charge in [0.05, 0.1) is 0 Å². The first-order chi connectivity index (χ1) is 15.3. The van der Waals surface area contributed by atoms with Gasteiger partial charge in [-0.2, -0.15) is 0 Å². The lowest BCUT2D eigenvalue weighted by molar-refractivity contribution is 0.852. The fraction of sp³-hybridized carbons (Fsp3) is 0.0667. The standard InChI is InChI=1S/C30H23N/c1-2-9-25(10-3-1)31-26-16-13-21(14-17-26)22-7-6-8-23(19-22)30-20-24-15-18-27(24)28-11-4-5-12-29(28)30/h1-14,16-17,19-20,31H,15,18H2. The summed E-state index contributed by atoms with van der Waals surface area (Å²) in [5.74, 6) is 0. The SMILES string of the molecule is c1ccc(Nc2ccc(-c3cccc(-c4cc5c(c6ccccc46)CC5)c3)cc2)cc1. The maximum absolute atomic E-state index is 3.46. The van der Waals surface area contributed by atoms with Gasteiger partial charge in [-0.3, -0.25) is 0 Å². The van der Waals surface area contributed by atoms with Crippen molar-refractivity contribution in [2.75, 3.05) is 5.32 Å². The summed E-state index contributed by atoms with van der Waals surface area (Å²) in [5, 5.41) is 6.24. The Kier molecular flexibility index (Phi) is 4.32. The number of hydrogen-bond acceptors (Lipinski definition) is 1. The molecule has 1 N–H and O–H groups in total. The molecule has 0 spiro atoms. The van der Waals surface area contributed by atoms with Crippen LogP contribution in [0.2, 0.25) is 0 Å². The first-order valence-electron chi connectivity index (χ1n) is 10.9. The molecule has 1 nitrogen and oxygen atoms in total. The molecule has 1 aliphatic rings. The lowest BCUT2D eigenvalue weighted by atomic mass is 9.81. The highest BCUT2D eigenvalue weighted by atomic mass is 14.9. The number of benzene rings is 5. The summed E-state index contributed by atoms with van der Waals surface area (Å²) < 4.78 is 0. The van der Waals surface area contributed by atoms with E-state index in [1.54, 1.807) is 0 Å². The average molecular weight is 398 g/mol. The van der Waals surface area contributed by atoms with Crippen molar-refractivity contribution in [3.8, 4) is 22.3 Å². The lowest BCUT2D eigenvalue weighted by Crippen LogP contribution is -2.09. The Morgan fingerprint density at radius 2 is 1.19 bits per heavy atom. The van der Waals surface area contributed by atoms with Gasteiger partial charge in [0.2, 0.25) is 0 Å². The Hall–Kier alpha value is -3.84. The van der Waals surface area contributed by atoms with Crippen LogP contribution in [0.4, 0.5) is 11.4 Å². The Morgan fingerprint density at radius 3 is 1.97 bits per heavy atom. The molecule has 1 heteroatoms. The fourth-order valence-corrected chi connectivity index (χ4v) is 4.63. The Balaban J connectivity index is 1.36. The third-order valence-corrected chi connectivity index (χ3v) is 6.35. The molecule has 1 aliphatic carbocycles. The van der Waals surface area contributed by atoms with Crippen molar-refractivity contribution in [1.82, 2.24) is 0 Å². The molecule has 31 heavy (non-hydrogen) atoms. The van der Waals surface area contributed by atoms with Gasteiger partial charge in [0.1, 0.15) is 0 Å². The first-order valence-corrected chi connectivity index (χ1v) is 10.9. The van der Waals surface area contributed by atoms with Crippen LogP contribution in [0.3, 0.4) is 0 Å². The van der Waals surface area contributed by atoms with E-state index in [-0.39, 0.29) is 0 Å². The highest BCUT2D eigenvalue weighted by molar-refractivity contribution is 6.00. The van der Waals surface area contributed by atoms with Crippen LogP contribution in [0.1, 0.15) is 11.1 Å². The molecule has 0 amide bonds. The minimum Gasteiger partial charge on any atom is -0.356 e. The molecular weight excluding hydrogens is 374 g/mol. The lowest BCUT2D eigenvalue weighted by Gasteiger charge is -2.23. The minimum atomic E-state index is 1.10.